The largest absolute Gasteiger partial charge is 0.480 e. The smallest absolute Gasteiger partial charge is 0.320 e. The third-order valence-electron chi connectivity index (χ3n) is 2.84. The lowest BCUT2D eigenvalue weighted by Crippen LogP contribution is -2.31. The van der Waals surface area contributed by atoms with Crippen molar-refractivity contribution in [2.24, 2.45) is 5.73 Å². The van der Waals surface area contributed by atoms with Crippen LogP contribution in [0.3, 0.4) is 0 Å². The number of carboxylic acids is 1. The third kappa shape index (κ3) is 4.61. The molecule has 0 amide bonds. The standard InChI is InChI=1S/C11H15N2O7P/c12-9(10(14)15)4-5-21(19,20)11(16)7-2-1-3-8(6-7)13(17)18/h1-3,6,9,11,16H,4-5,12H2,(H,14,15)(H,19,20)/t9-,11+/m0/s1. The lowest BCUT2D eigenvalue weighted by atomic mass is 10.2. The van der Waals surface area contributed by atoms with E-state index < -0.39 is 36.3 Å². The van der Waals surface area contributed by atoms with Crippen LogP contribution in [0.25, 0.3) is 0 Å². The van der Waals surface area contributed by atoms with Crippen LogP contribution < -0.4 is 5.73 Å². The molecule has 1 aromatic carbocycles. The van der Waals surface area contributed by atoms with E-state index >= 15 is 0 Å². The Labute approximate surface area is 119 Å². The fraction of sp³-hybridized carbons (Fsp3) is 0.364. The molecule has 0 bridgehead atoms. The van der Waals surface area contributed by atoms with Crippen molar-refractivity contribution >= 4 is 19.0 Å². The van der Waals surface area contributed by atoms with Crippen molar-refractivity contribution < 1.29 is 29.4 Å². The van der Waals surface area contributed by atoms with Gasteiger partial charge in [-0.1, -0.05) is 12.1 Å². The Morgan fingerprint density at radius 2 is 2.10 bits per heavy atom. The summed E-state index contributed by atoms with van der Waals surface area (Å²) in [5, 5.41) is 29.1. The van der Waals surface area contributed by atoms with E-state index in [9.17, 15) is 29.5 Å². The number of nitro benzene ring substituents is 1. The highest BCUT2D eigenvalue weighted by atomic mass is 31.2. The maximum absolute atomic E-state index is 12.0. The number of nitro groups is 1. The van der Waals surface area contributed by atoms with Gasteiger partial charge in [-0.15, -0.1) is 0 Å². The van der Waals surface area contributed by atoms with Gasteiger partial charge in [-0.25, -0.2) is 0 Å². The number of nitrogens with zero attached hydrogens (tertiary/aromatic N) is 1. The Morgan fingerprint density at radius 1 is 1.48 bits per heavy atom. The summed E-state index contributed by atoms with van der Waals surface area (Å²) in [5.41, 5.74) is 4.81. The molecule has 1 unspecified atom stereocenters. The first-order valence-corrected chi connectivity index (χ1v) is 7.79. The highest BCUT2D eigenvalue weighted by Gasteiger charge is 2.32. The Kier molecular flexibility index (Phi) is 5.56. The molecule has 0 saturated heterocycles. The van der Waals surface area contributed by atoms with Gasteiger partial charge in [0, 0.05) is 18.3 Å². The van der Waals surface area contributed by atoms with Crippen LogP contribution in [0.5, 0.6) is 0 Å². The van der Waals surface area contributed by atoms with Gasteiger partial charge in [-0.2, -0.15) is 0 Å². The van der Waals surface area contributed by atoms with Crippen molar-refractivity contribution in [3.63, 3.8) is 0 Å². The molecular formula is C11H15N2O7P. The second-order valence-corrected chi connectivity index (χ2v) is 6.89. The molecule has 116 valence electrons. The average molecular weight is 318 g/mol. The molecule has 0 aromatic heterocycles. The summed E-state index contributed by atoms with van der Waals surface area (Å²) in [6.07, 6.45) is -0.806. The molecule has 1 aromatic rings. The minimum Gasteiger partial charge on any atom is -0.480 e. The van der Waals surface area contributed by atoms with Gasteiger partial charge in [-0.05, 0) is 12.0 Å². The number of hydrogen-bond donors (Lipinski definition) is 4. The number of aliphatic hydroxyl groups is 1. The molecule has 10 heteroatoms. The molecule has 0 aliphatic heterocycles. The minimum atomic E-state index is -4.16. The molecule has 0 heterocycles. The van der Waals surface area contributed by atoms with Crippen LogP contribution in [0, 0.1) is 10.1 Å². The monoisotopic (exact) mass is 318 g/mol. The first kappa shape index (κ1) is 17.3. The van der Waals surface area contributed by atoms with E-state index in [-0.39, 0.29) is 17.7 Å². The highest BCUT2D eigenvalue weighted by Crippen LogP contribution is 2.54. The first-order valence-electron chi connectivity index (χ1n) is 5.87. The second kappa shape index (κ2) is 6.77. The number of rotatable bonds is 7. The van der Waals surface area contributed by atoms with Crippen LogP contribution >= 0.6 is 7.37 Å². The van der Waals surface area contributed by atoms with E-state index in [0.717, 1.165) is 6.07 Å². The van der Waals surface area contributed by atoms with Crippen LogP contribution in [0.4, 0.5) is 5.69 Å². The first-order chi connectivity index (χ1) is 9.65. The van der Waals surface area contributed by atoms with Crippen molar-refractivity contribution in [2.75, 3.05) is 6.16 Å². The van der Waals surface area contributed by atoms with Gasteiger partial charge in [0.15, 0.2) is 5.85 Å². The zero-order chi connectivity index (χ0) is 16.2. The normalized spacial score (nSPS) is 16.7. The third-order valence-corrected chi connectivity index (χ3v) is 4.80. The summed E-state index contributed by atoms with van der Waals surface area (Å²) < 4.78 is 12.0. The number of benzene rings is 1. The number of carboxylic acid groups (broad SMARTS) is 1. The van der Waals surface area contributed by atoms with Gasteiger partial charge >= 0.3 is 5.97 Å². The number of hydrogen-bond acceptors (Lipinski definition) is 6. The summed E-state index contributed by atoms with van der Waals surface area (Å²) >= 11 is 0. The molecule has 5 N–H and O–H groups in total. The lowest BCUT2D eigenvalue weighted by molar-refractivity contribution is -0.385. The number of aliphatic hydroxyl groups excluding tert-OH is 1. The summed E-state index contributed by atoms with van der Waals surface area (Å²) in [4.78, 5) is 30.3. The summed E-state index contributed by atoms with van der Waals surface area (Å²) in [5.74, 6) is -3.15. The topological polar surface area (TPSA) is 164 Å². The van der Waals surface area contributed by atoms with Crippen molar-refractivity contribution in [2.45, 2.75) is 18.3 Å². The average Bonchev–Trinajstić information content (AvgIpc) is 2.43. The Hall–Kier alpha value is -1.80. The predicted octanol–water partition coefficient (Wildman–Crippen LogP) is 0.658. The molecule has 0 fully saturated rings. The van der Waals surface area contributed by atoms with Crippen LogP contribution in [0.2, 0.25) is 0 Å². The number of aliphatic carboxylic acids is 1. The fourth-order valence-corrected chi connectivity index (χ4v) is 3.12. The van der Waals surface area contributed by atoms with Gasteiger partial charge in [0.05, 0.1) is 4.92 Å². The van der Waals surface area contributed by atoms with E-state index in [2.05, 4.69) is 0 Å². The zero-order valence-electron chi connectivity index (χ0n) is 10.8. The predicted molar refractivity (Wildman–Crippen MR) is 73.0 cm³/mol. The second-order valence-electron chi connectivity index (χ2n) is 4.44. The zero-order valence-corrected chi connectivity index (χ0v) is 11.7. The summed E-state index contributed by atoms with van der Waals surface area (Å²) in [7, 11) is -4.16. The molecule has 0 aliphatic carbocycles. The summed E-state index contributed by atoms with van der Waals surface area (Å²) in [6, 6.07) is 3.41. The maximum Gasteiger partial charge on any atom is 0.320 e. The van der Waals surface area contributed by atoms with Crippen LogP contribution in [-0.4, -0.2) is 38.2 Å². The molecule has 21 heavy (non-hydrogen) atoms. The van der Waals surface area contributed by atoms with Gasteiger partial charge in [0.2, 0.25) is 7.37 Å². The van der Waals surface area contributed by atoms with Crippen LogP contribution in [-0.2, 0) is 9.36 Å². The molecule has 0 spiro atoms. The van der Waals surface area contributed by atoms with Crippen LogP contribution in [0.15, 0.2) is 24.3 Å². The molecule has 3 atom stereocenters. The van der Waals surface area contributed by atoms with Crippen molar-refractivity contribution in [1.29, 1.82) is 0 Å². The van der Waals surface area contributed by atoms with Crippen molar-refractivity contribution in [3.8, 4) is 0 Å². The minimum absolute atomic E-state index is 0.0843. The fourth-order valence-electron chi connectivity index (χ4n) is 1.60. The lowest BCUT2D eigenvalue weighted by Gasteiger charge is -2.19. The number of nitrogens with two attached hydrogens (primary N) is 1. The Bertz CT molecular complexity index is 592. The molecule has 0 aliphatic rings. The Morgan fingerprint density at radius 3 is 2.62 bits per heavy atom. The van der Waals surface area contributed by atoms with Crippen molar-refractivity contribution in [1.82, 2.24) is 0 Å². The molecule has 9 nitrogen and oxygen atoms in total. The molecular weight excluding hydrogens is 303 g/mol. The summed E-state index contributed by atoms with van der Waals surface area (Å²) in [6.45, 7) is 0. The quantitative estimate of drug-likeness (QED) is 0.323. The highest BCUT2D eigenvalue weighted by molar-refractivity contribution is 7.58. The Balaban J connectivity index is 2.87. The van der Waals surface area contributed by atoms with E-state index in [1.54, 1.807) is 0 Å². The van der Waals surface area contributed by atoms with E-state index in [0.29, 0.717) is 0 Å². The van der Waals surface area contributed by atoms with Crippen LogP contribution in [0.1, 0.15) is 17.8 Å². The SMILES string of the molecule is N[C@@H](CCP(=O)(O)[C@@H](O)c1cccc([N+](=O)[O-])c1)C(=O)O. The molecule has 0 radical (unpaired) electrons. The maximum atomic E-state index is 12.0. The van der Waals surface area contributed by atoms with E-state index in [4.69, 9.17) is 10.8 Å². The number of carbonyl (C=O) groups is 1. The van der Waals surface area contributed by atoms with Gasteiger partial charge < -0.3 is 20.8 Å². The van der Waals surface area contributed by atoms with E-state index in [1.165, 1.54) is 18.2 Å². The van der Waals surface area contributed by atoms with Crippen molar-refractivity contribution in [3.05, 3.63) is 39.9 Å². The molecule has 1 rings (SSSR count). The van der Waals surface area contributed by atoms with Gasteiger partial charge in [-0.3, -0.25) is 19.5 Å². The van der Waals surface area contributed by atoms with E-state index in [1.807, 2.05) is 0 Å². The number of non-ortho nitro benzene ring substituents is 1. The van der Waals surface area contributed by atoms with Gasteiger partial charge in [0.25, 0.3) is 5.69 Å². The molecule has 0 saturated carbocycles. The van der Waals surface area contributed by atoms with Gasteiger partial charge in [0.1, 0.15) is 6.04 Å².